The Bertz CT molecular complexity index is 113. The second kappa shape index (κ2) is 7.68. The van der Waals surface area contributed by atoms with Crippen LogP contribution in [0, 0.1) is 0 Å². The van der Waals surface area contributed by atoms with E-state index in [0.29, 0.717) is 0 Å². The largest absolute Gasteiger partial charge is 0.358 e. The molecule has 0 saturated heterocycles. The van der Waals surface area contributed by atoms with Crippen LogP contribution in [0.2, 0.25) is 0 Å². The molecule has 0 atom stereocenters. The molecule has 11 heavy (non-hydrogen) atoms. The number of carbonyl (C=O) groups excluding carboxylic acids is 1. The summed E-state index contributed by atoms with van der Waals surface area (Å²) in [6, 6.07) is 0. The molecule has 0 aliphatic heterocycles. The average molecular weight is 189 g/mol. The summed E-state index contributed by atoms with van der Waals surface area (Å²) in [5.41, 5.74) is 0. The number of hydrogen-bond acceptors (Lipinski definition) is 2. The average Bonchev–Trinajstić information content (AvgIpc) is 1.87. The number of likely N-dealkylation sites (N-methyl/N-ethyl adjacent to an activating group) is 1. The van der Waals surface area contributed by atoms with Gasteiger partial charge in [0.25, 0.3) is 6.43 Å². The molecule has 0 heterocycles. The summed E-state index contributed by atoms with van der Waals surface area (Å²) < 4.78 is 22.8. The van der Waals surface area contributed by atoms with Crippen LogP contribution in [0.5, 0.6) is 0 Å². The van der Waals surface area contributed by atoms with E-state index in [1.165, 1.54) is 7.05 Å². The van der Waals surface area contributed by atoms with E-state index in [-0.39, 0.29) is 24.9 Å². The Balaban J connectivity index is 0. The van der Waals surface area contributed by atoms with Crippen molar-refractivity contribution in [1.82, 2.24) is 10.6 Å². The normalized spacial score (nSPS) is 9.09. The highest BCUT2D eigenvalue weighted by Crippen LogP contribution is 1.86. The maximum absolute atomic E-state index is 11.4. The zero-order valence-corrected chi connectivity index (χ0v) is 6.88. The maximum atomic E-state index is 11.4. The van der Waals surface area contributed by atoms with Gasteiger partial charge in [0, 0.05) is 7.05 Å². The predicted molar refractivity (Wildman–Crippen MR) is 40.2 cm³/mol. The van der Waals surface area contributed by atoms with E-state index in [0.717, 1.165) is 0 Å². The van der Waals surface area contributed by atoms with Gasteiger partial charge in [-0.2, -0.15) is 0 Å². The summed E-state index contributed by atoms with van der Waals surface area (Å²) in [6.45, 7) is -0.492. The minimum Gasteiger partial charge on any atom is -0.358 e. The number of hydrogen-bond donors (Lipinski definition) is 2. The fourth-order valence-electron chi connectivity index (χ4n) is 0.383. The van der Waals surface area contributed by atoms with Gasteiger partial charge >= 0.3 is 0 Å². The summed E-state index contributed by atoms with van der Waals surface area (Å²) in [5.74, 6) is -0.291. The van der Waals surface area contributed by atoms with Crippen LogP contribution in [0.3, 0.4) is 0 Å². The van der Waals surface area contributed by atoms with Gasteiger partial charge in [0.05, 0.1) is 13.1 Å². The highest BCUT2D eigenvalue weighted by molar-refractivity contribution is 5.85. The van der Waals surface area contributed by atoms with Crippen LogP contribution in [0.1, 0.15) is 0 Å². The second-order valence-corrected chi connectivity index (χ2v) is 1.70. The fourth-order valence-corrected chi connectivity index (χ4v) is 0.383. The van der Waals surface area contributed by atoms with Gasteiger partial charge in [-0.3, -0.25) is 4.79 Å². The molecule has 0 spiro atoms. The van der Waals surface area contributed by atoms with E-state index in [1.807, 2.05) is 0 Å². The predicted octanol–water partition coefficient (Wildman–Crippen LogP) is 0.00890. The van der Waals surface area contributed by atoms with Crippen molar-refractivity contribution in [3.05, 3.63) is 0 Å². The molecule has 0 fully saturated rings. The van der Waals surface area contributed by atoms with Crippen LogP contribution in [-0.2, 0) is 4.79 Å². The van der Waals surface area contributed by atoms with Gasteiger partial charge in [0.15, 0.2) is 0 Å². The Morgan fingerprint density at radius 1 is 1.55 bits per heavy atom. The van der Waals surface area contributed by atoms with Crippen molar-refractivity contribution >= 4 is 18.3 Å². The zero-order chi connectivity index (χ0) is 7.98. The molecule has 0 radical (unpaired) electrons. The van der Waals surface area contributed by atoms with Crippen molar-refractivity contribution in [2.45, 2.75) is 6.43 Å². The van der Waals surface area contributed by atoms with Crippen molar-refractivity contribution in [2.24, 2.45) is 0 Å². The molecule has 0 aromatic heterocycles. The van der Waals surface area contributed by atoms with E-state index in [9.17, 15) is 13.6 Å². The van der Waals surface area contributed by atoms with Crippen molar-refractivity contribution in [1.29, 1.82) is 0 Å². The number of amides is 1. The smallest absolute Gasteiger partial charge is 0.250 e. The molecule has 0 aliphatic carbocycles. The van der Waals surface area contributed by atoms with Gasteiger partial charge in [-0.15, -0.1) is 12.4 Å². The first-order valence-corrected chi connectivity index (χ1v) is 2.86. The Hall–Kier alpha value is -0.420. The van der Waals surface area contributed by atoms with Crippen LogP contribution >= 0.6 is 12.4 Å². The molecule has 0 unspecified atom stereocenters. The minimum atomic E-state index is -2.40. The van der Waals surface area contributed by atoms with Crippen molar-refractivity contribution in [3.8, 4) is 0 Å². The molecular formula is C5H11ClF2N2O. The van der Waals surface area contributed by atoms with Crippen LogP contribution in [-0.4, -0.2) is 32.5 Å². The van der Waals surface area contributed by atoms with Crippen LogP contribution < -0.4 is 10.6 Å². The number of alkyl halides is 2. The van der Waals surface area contributed by atoms with Gasteiger partial charge in [0.2, 0.25) is 5.91 Å². The van der Waals surface area contributed by atoms with Crippen LogP contribution in [0.25, 0.3) is 0 Å². The minimum absolute atomic E-state index is 0. The summed E-state index contributed by atoms with van der Waals surface area (Å²) in [5, 5.41) is 4.57. The molecule has 1 amide bonds. The highest BCUT2D eigenvalue weighted by Gasteiger charge is 2.02. The lowest BCUT2D eigenvalue weighted by Gasteiger charge is -2.01. The molecule has 0 saturated carbocycles. The van der Waals surface area contributed by atoms with Gasteiger partial charge in [0.1, 0.15) is 0 Å². The summed E-state index contributed by atoms with van der Waals surface area (Å²) in [4.78, 5) is 10.4. The van der Waals surface area contributed by atoms with Crippen molar-refractivity contribution in [2.75, 3.05) is 20.1 Å². The Morgan fingerprint density at radius 2 is 2.09 bits per heavy atom. The van der Waals surface area contributed by atoms with Crippen LogP contribution in [0.15, 0.2) is 0 Å². The van der Waals surface area contributed by atoms with E-state index in [1.54, 1.807) is 0 Å². The van der Waals surface area contributed by atoms with Crippen molar-refractivity contribution in [3.63, 3.8) is 0 Å². The summed E-state index contributed by atoms with van der Waals surface area (Å²) in [6.07, 6.45) is -2.40. The highest BCUT2D eigenvalue weighted by atomic mass is 35.5. The molecule has 0 rings (SSSR count). The molecule has 0 aromatic carbocycles. The number of nitrogens with one attached hydrogen (secondary N) is 2. The molecular weight excluding hydrogens is 178 g/mol. The number of rotatable bonds is 4. The van der Waals surface area contributed by atoms with E-state index < -0.39 is 13.0 Å². The lowest BCUT2D eigenvalue weighted by molar-refractivity contribution is -0.119. The summed E-state index contributed by atoms with van der Waals surface area (Å²) in [7, 11) is 1.45. The van der Waals surface area contributed by atoms with E-state index >= 15 is 0 Å². The van der Waals surface area contributed by atoms with Gasteiger partial charge in [-0.05, 0) is 0 Å². The molecule has 0 aromatic rings. The topological polar surface area (TPSA) is 41.1 Å². The third-order valence-corrected chi connectivity index (χ3v) is 0.863. The van der Waals surface area contributed by atoms with Gasteiger partial charge in [-0.1, -0.05) is 0 Å². The van der Waals surface area contributed by atoms with Crippen molar-refractivity contribution < 1.29 is 13.6 Å². The molecule has 0 bridgehead atoms. The second-order valence-electron chi connectivity index (χ2n) is 1.70. The quantitative estimate of drug-likeness (QED) is 0.653. The zero-order valence-electron chi connectivity index (χ0n) is 6.06. The lowest BCUT2D eigenvalue weighted by Crippen LogP contribution is -2.33. The first-order valence-electron chi connectivity index (χ1n) is 2.86. The Kier molecular flexibility index (Phi) is 9.21. The third-order valence-electron chi connectivity index (χ3n) is 0.863. The molecule has 2 N–H and O–H groups in total. The summed E-state index contributed by atoms with van der Waals surface area (Å²) >= 11 is 0. The molecule has 3 nitrogen and oxygen atoms in total. The van der Waals surface area contributed by atoms with Gasteiger partial charge < -0.3 is 10.6 Å². The Labute approximate surface area is 69.9 Å². The fraction of sp³-hybridized carbons (Fsp3) is 0.800. The maximum Gasteiger partial charge on any atom is 0.250 e. The standard InChI is InChI=1S/C5H10F2N2O.ClH/c1-8-5(10)3-9-2-4(6)7;/h4,9H,2-3H2,1H3,(H,8,10);1H. The SMILES string of the molecule is CNC(=O)CNCC(F)F.Cl. The number of halogens is 3. The molecule has 0 aliphatic rings. The molecule has 6 heteroatoms. The first-order chi connectivity index (χ1) is 4.66. The lowest BCUT2D eigenvalue weighted by atomic mass is 10.5. The molecule has 68 valence electrons. The monoisotopic (exact) mass is 188 g/mol. The van der Waals surface area contributed by atoms with Crippen LogP contribution in [0.4, 0.5) is 8.78 Å². The van der Waals surface area contributed by atoms with Gasteiger partial charge in [-0.25, -0.2) is 8.78 Å². The first kappa shape index (κ1) is 13.2. The van der Waals surface area contributed by atoms with E-state index in [2.05, 4.69) is 10.6 Å². The Morgan fingerprint density at radius 3 is 2.45 bits per heavy atom. The number of carbonyl (C=O) groups is 1. The third kappa shape index (κ3) is 9.58. The van der Waals surface area contributed by atoms with E-state index in [4.69, 9.17) is 0 Å².